The molecule has 0 bridgehead atoms. The lowest BCUT2D eigenvalue weighted by Gasteiger charge is -2.34. The predicted molar refractivity (Wildman–Crippen MR) is 101 cm³/mol. The maximum absolute atomic E-state index is 13.1. The SMILES string of the molecule is O=C(O)C[C@H](NC(=O)[C@@H]1CCCCN1C(=O)OCc1ccccc1C(F)(F)F)C(=O)CF. The van der Waals surface area contributed by atoms with Crippen molar-refractivity contribution in [2.24, 2.45) is 0 Å². The molecule has 1 fully saturated rings. The average Bonchev–Trinajstić information content (AvgIpc) is 2.75. The number of likely N-dealkylation sites (tertiary alicyclic amines) is 1. The molecule has 2 amide bonds. The van der Waals surface area contributed by atoms with Crippen molar-refractivity contribution in [3.63, 3.8) is 0 Å². The molecule has 1 aromatic carbocycles. The zero-order valence-electron chi connectivity index (χ0n) is 16.9. The molecular formula is C20H22F4N2O6. The fourth-order valence-corrected chi connectivity index (χ4v) is 3.35. The minimum Gasteiger partial charge on any atom is -0.481 e. The Morgan fingerprint density at radius 2 is 1.88 bits per heavy atom. The number of alkyl halides is 4. The molecule has 176 valence electrons. The van der Waals surface area contributed by atoms with Crippen molar-refractivity contribution < 1.29 is 46.6 Å². The van der Waals surface area contributed by atoms with Crippen LogP contribution in [0.5, 0.6) is 0 Å². The minimum absolute atomic E-state index is 0.0679. The molecule has 0 unspecified atom stereocenters. The molecule has 0 radical (unpaired) electrons. The Morgan fingerprint density at radius 1 is 1.19 bits per heavy atom. The lowest BCUT2D eigenvalue weighted by molar-refractivity contribution is -0.141. The number of Topliss-reactive ketones (excluding diaryl/α,β-unsaturated/α-hetero) is 1. The van der Waals surface area contributed by atoms with Crippen LogP contribution in [0.4, 0.5) is 22.4 Å². The van der Waals surface area contributed by atoms with Gasteiger partial charge in [0.15, 0.2) is 5.78 Å². The highest BCUT2D eigenvalue weighted by molar-refractivity contribution is 5.94. The van der Waals surface area contributed by atoms with Gasteiger partial charge in [0.1, 0.15) is 25.4 Å². The summed E-state index contributed by atoms with van der Waals surface area (Å²) in [4.78, 5) is 48.6. The number of ether oxygens (including phenoxy) is 1. The second-order valence-electron chi connectivity index (χ2n) is 7.17. The first kappa shape index (κ1) is 25.1. The summed E-state index contributed by atoms with van der Waals surface area (Å²) >= 11 is 0. The summed E-state index contributed by atoms with van der Waals surface area (Å²) in [5.41, 5.74) is -1.22. The first-order chi connectivity index (χ1) is 15.0. The summed E-state index contributed by atoms with van der Waals surface area (Å²) in [5, 5.41) is 11.0. The quantitative estimate of drug-likeness (QED) is 0.575. The molecule has 0 spiro atoms. The molecular weight excluding hydrogens is 440 g/mol. The van der Waals surface area contributed by atoms with Crippen molar-refractivity contribution in [2.75, 3.05) is 13.2 Å². The van der Waals surface area contributed by atoms with Crippen LogP contribution >= 0.6 is 0 Å². The van der Waals surface area contributed by atoms with Gasteiger partial charge in [0, 0.05) is 12.1 Å². The largest absolute Gasteiger partial charge is 0.481 e. The summed E-state index contributed by atoms with van der Waals surface area (Å²) in [6.07, 6.45) is -5.32. The molecule has 0 saturated carbocycles. The van der Waals surface area contributed by atoms with Crippen molar-refractivity contribution >= 4 is 23.8 Å². The molecule has 0 aromatic heterocycles. The van der Waals surface area contributed by atoms with Gasteiger partial charge in [-0.05, 0) is 25.3 Å². The lowest BCUT2D eigenvalue weighted by atomic mass is 10.0. The number of ketones is 1. The van der Waals surface area contributed by atoms with Crippen LogP contribution in [0.25, 0.3) is 0 Å². The van der Waals surface area contributed by atoms with Crippen molar-refractivity contribution in [2.45, 2.75) is 50.6 Å². The Morgan fingerprint density at radius 3 is 2.50 bits per heavy atom. The van der Waals surface area contributed by atoms with E-state index in [1.165, 1.54) is 12.1 Å². The van der Waals surface area contributed by atoms with Crippen LogP contribution in [0.2, 0.25) is 0 Å². The zero-order valence-corrected chi connectivity index (χ0v) is 16.9. The van der Waals surface area contributed by atoms with Gasteiger partial charge < -0.3 is 15.2 Å². The lowest BCUT2D eigenvalue weighted by Crippen LogP contribution is -2.55. The van der Waals surface area contributed by atoms with E-state index in [0.29, 0.717) is 12.8 Å². The van der Waals surface area contributed by atoms with Crippen LogP contribution in [-0.4, -0.2) is 59.1 Å². The van der Waals surface area contributed by atoms with Crippen molar-refractivity contribution in [3.8, 4) is 0 Å². The molecule has 1 saturated heterocycles. The van der Waals surface area contributed by atoms with E-state index >= 15 is 0 Å². The van der Waals surface area contributed by atoms with Crippen LogP contribution in [0, 0.1) is 0 Å². The Bertz CT molecular complexity index is 861. The predicted octanol–water partition coefficient (Wildman–Crippen LogP) is 2.69. The zero-order chi connectivity index (χ0) is 23.9. The number of amides is 2. The first-order valence-electron chi connectivity index (χ1n) is 9.74. The number of carbonyl (C=O) groups is 4. The smallest absolute Gasteiger partial charge is 0.416 e. The molecule has 1 aliphatic heterocycles. The number of hydrogen-bond acceptors (Lipinski definition) is 5. The molecule has 1 aromatic rings. The number of carboxylic acid groups (broad SMARTS) is 1. The maximum atomic E-state index is 13.1. The van der Waals surface area contributed by atoms with E-state index in [9.17, 15) is 36.7 Å². The van der Waals surface area contributed by atoms with Gasteiger partial charge >= 0.3 is 18.2 Å². The van der Waals surface area contributed by atoms with Crippen LogP contribution in [0.1, 0.15) is 36.8 Å². The second kappa shape index (κ2) is 10.9. The third kappa shape index (κ3) is 6.66. The molecule has 32 heavy (non-hydrogen) atoms. The summed E-state index contributed by atoms with van der Waals surface area (Å²) in [6.45, 7) is -2.09. The standard InChI is InChI=1S/C20H22F4N2O6/c21-10-16(27)14(9-17(28)29)25-18(30)15-7-3-4-8-26(15)19(31)32-11-12-5-1-2-6-13(12)20(22,23)24/h1-2,5-6,14-15H,3-4,7-11H2,(H,25,30)(H,28,29)/t14-,15-/m0/s1. The number of benzene rings is 1. The van der Waals surface area contributed by atoms with Crippen molar-refractivity contribution in [1.29, 1.82) is 0 Å². The van der Waals surface area contributed by atoms with Crippen LogP contribution in [0.3, 0.4) is 0 Å². The van der Waals surface area contributed by atoms with E-state index in [1.807, 2.05) is 0 Å². The Labute approximate surface area is 180 Å². The molecule has 1 aliphatic rings. The van der Waals surface area contributed by atoms with Gasteiger partial charge in [-0.3, -0.25) is 19.3 Å². The molecule has 2 rings (SSSR count). The van der Waals surface area contributed by atoms with Gasteiger partial charge in [-0.25, -0.2) is 9.18 Å². The Balaban J connectivity index is 2.09. The minimum atomic E-state index is -4.64. The number of nitrogens with zero attached hydrogens (tertiary/aromatic N) is 1. The van der Waals surface area contributed by atoms with E-state index in [4.69, 9.17) is 9.84 Å². The van der Waals surface area contributed by atoms with Gasteiger partial charge in [0.2, 0.25) is 5.91 Å². The van der Waals surface area contributed by atoms with Crippen molar-refractivity contribution in [1.82, 2.24) is 10.2 Å². The summed E-state index contributed by atoms with van der Waals surface area (Å²) in [7, 11) is 0. The summed E-state index contributed by atoms with van der Waals surface area (Å²) in [6, 6.07) is 1.83. The highest BCUT2D eigenvalue weighted by Gasteiger charge is 2.36. The van der Waals surface area contributed by atoms with Gasteiger partial charge in [0.05, 0.1) is 12.0 Å². The summed E-state index contributed by atoms with van der Waals surface area (Å²) in [5.74, 6) is -3.43. The number of hydrogen-bond donors (Lipinski definition) is 2. The Kier molecular flexibility index (Phi) is 8.56. The third-order valence-corrected chi connectivity index (χ3v) is 4.93. The molecule has 12 heteroatoms. The fraction of sp³-hybridized carbons (Fsp3) is 0.500. The van der Waals surface area contributed by atoms with Crippen molar-refractivity contribution in [3.05, 3.63) is 35.4 Å². The molecule has 2 N–H and O–H groups in total. The molecule has 1 heterocycles. The van der Waals surface area contributed by atoms with Crippen LogP contribution in [0.15, 0.2) is 24.3 Å². The monoisotopic (exact) mass is 462 g/mol. The molecule has 0 aliphatic carbocycles. The number of nitrogens with one attached hydrogen (secondary N) is 1. The number of carbonyl (C=O) groups excluding carboxylic acids is 3. The van der Waals surface area contributed by atoms with E-state index in [1.54, 1.807) is 0 Å². The molecule has 2 atom stereocenters. The average molecular weight is 462 g/mol. The first-order valence-corrected chi connectivity index (χ1v) is 9.74. The highest BCUT2D eigenvalue weighted by atomic mass is 19.4. The number of aliphatic carboxylic acids is 1. The number of rotatable bonds is 8. The van der Waals surface area contributed by atoms with Crippen LogP contribution < -0.4 is 5.32 Å². The maximum Gasteiger partial charge on any atom is 0.416 e. The topological polar surface area (TPSA) is 113 Å². The van der Waals surface area contributed by atoms with Gasteiger partial charge in [-0.2, -0.15) is 13.2 Å². The van der Waals surface area contributed by atoms with E-state index in [2.05, 4.69) is 5.32 Å². The number of carboxylic acids is 1. The number of halogens is 4. The second-order valence-corrected chi connectivity index (χ2v) is 7.17. The normalized spacial score (nSPS) is 17.4. The highest BCUT2D eigenvalue weighted by Crippen LogP contribution is 2.32. The van der Waals surface area contributed by atoms with Gasteiger partial charge in [-0.1, -0.05) is 18.2 Å². The summed E-state index contributed by atoms with van der Waals surface area (Å²) < 4.78 is 57.0. The fourth-order valence-electron chi connectivity index (χ4n) is 3.35. The van der Waals surface area contributed by atoms with E-state index in [-0.39, 0.29) is 18.5 Å². The van der Waals surface area contributed by atoms with Crippen LogP contribution in [-0.2, 0) is 31.9 Å². The van der Waals surface area contributed by atoms with E-state index < -0.39 is 67.3 Å². The van der Waals surface area contributed by atoms with Gasteiger partial charge in [0.25, 0.3) is 0 Å². The third-order valence-electron chi connectivity index (χ3n) is 4.93. The Hall–Kier alpha value is -3.18. The number of piperidine rings is 1. The molecule has 8 nitrogen and oxygen atoms in total. The van der Waals surface area contributed by atoms with Gasteiger partial charge in [-0.15, -0.1) is 0 Å². The van der Waals surface area contributed by atoms with E-state index in [0.717, 1.165) is 17.0 Å².